The van der Waals surface area contributed by atoms with Gasteiger partial charge in [-0.3, -0.25) is 4.98 Å². The molecule has 4 nitrogen and oxygen atoms in total. The standard InChI is InChI=1S/C41H29N2O.C12H10N.Ir/c1-4-13-29(14-5-1)23-24-30-25-26-39-35(27-30)36(28-44-39)41-42-37-21-10-11-22-38(37)43(41)40-33(31-15-6-2-7-16-31)19-12-20-34(40)32-17-8-3-9-18-32;1-10-7-8-12(13-9-10)11-5-3-2-4-6-11;/h1-22,25-27H,23-24H2;2-5,7-9H,1H3;/q2*-1;/i;1D3;. The van der Waals surface area contributed by atoms with Crippen molar-refractivity contribution in [1.82, 2.24) is 14.5 Å². The van der Waals surface area contributed by atoms with Crippen LogP contribution in [0.15, 0.2) is 199 Å². The van der Waals surface area contributed by atoms with Crippen LogP contribution in [0.25, 0.3) is 72.6 Å². The first-order valence-corrected chi connectivity index (χ1v) is 19.0. The van der Waals surface area contributed by atoms with E-state index in [9.17, 15) is 0 Å². The largest absolute Gasteiger partial charge is 0.557 e. The number of fused-ring (bicyclic) bond motifs is 2. The second-order valence-corrected chi connectivity index (χ2v) is 13.8. The molecule has 0 N–H and O–H groups in total. The second-order valence-electron chi connectivity index (χ2n) is 13.8. The van der Waals surface area contributed by atoms with E-state index in [0.29, 0.717) is 0 Å². The van der Waals surface area contributed by atoms with Crippen LogP contribution in [-0.2, 0) is 32.9 Å². The van der Waals surface area contributed by atoms with Gasteiger partial charge < -0.3 is 14.0 Å². The van der Waals surface area contributed by atoms with Crippen molar-refractivity contribution in [2.45, 2.75) is 19.7 Å². The first kappa shape index (κ1) is 34.6. The Morgan fingerprint density at radius 2 is 1.31 bits per heavy atom. The number of hydrogen-bond donors (Lipinski definition) is 0. The Kier molecular flexibility index (Phi) is 10.5. The van der Waals surface area contributed by atoms with Crippen molar-refractivity contribution in [3.05, 3.63) is 223 Å². The summed E-state index contributed by atoms with van der Waals surface area (Å²) in [6.45, 7) is -2.09. The molecule has 0 saturated heterocycles. The molecule has 0 spiro atoms. The maximum atomic E-state index is 7.23. The maximum absolute atomic E-state index is 7.23. The third-order valence-electron chi connectivity index (χ3n) is 10.1. The van der Waals surface area contributed by atoms with Gasteiger partial charge in [-0.05, 0) is 59.8 Å². The molecule has 3 heterocycles. The van der Waals surface area contributed by atoms with E-state index < -0.39 is 6.85 Å². The molecule has 5 heteroatoms. The number of furan rings is 1. The van der Waals surface area contributed by atoms with Crippen LogP contribution < -0.4 is 0 Å². The molecular weight excluding hydrogens is 887 g/mol. The van der Waals surface area contributed by atoms with Crippen LogP contribution in [0.1, 0.15) is 20.8 Å². The number of benzene rings is 7. The minimum Gasteiger partial charge on any atom is -0.557 e. The van der Waals surface area contributed by atoms with Gasteiger partial charge in [-0.2, -0.15) is 0 Å². The summed E-state index contributed by atoms with van der Waals surface area (Å²) in [6.07, 6.45) is 6.57. The van der Waals surface area contributed by atoms with Crippen molar-refractivity contribution in [2.75, 3.05) is 0 Å². The average molecular weight is 929 g/mol. The van der Waals surface area contributed by atoms with Crippen LogP contribution >= 0.6 is 0 Å². The summed E-state index contributed by atoms with van der Waals surface area (Å²) < 4.78 is 30.1. The monoisotopic (exact) mass is 929 g/mol. The zero-order valence-corrected chi connectivity index (χ0v) is 33.9. The van der Waals surface area contributed by atoms with Crippen molar-refractivity contribution >= 4 is 22.0 Å². The molecular formula is C53H39IrN3O-2. The van der Waals surface area contributed by atoms with E-state index in [2.05, 4.69) is 167 Å². The summed E-state index contributed by atoms with van der Waals surface area (Å²) in [4.78, 5) is 9.37. The van der Waals surface area contributed by atoms with Crippen LogP contribution in [0.5, 0.6) is 0 Å². The Hall–Kier alpha value is -6.65. The first-order chi connectivity index (χ1) is 29.4. The number of nitrogens with zero attached hydrogens (tertiary/aromatic N) is 3. The summed E-state index contributed by atoms with van der Waals surface area (Å²) in [5.74, 6) is 0.811. The summed E-state index contributed by atoms with van der Waals surface area (Å²) in [6, 6.07) is 67.0. The molecule has 0 bridgehead atoms. The zero-order chi connectivity index (χ0) is 40.9. The van der Waals surface area contributed by atoms with E-state index in [1.54, 1.807) is 18.2 Å². The number of rotatable bonds is 8. The molecule has 0 fully saturated rings. The predicted octanol–water partition coefficient (Wildman–Crippen LogP) is 13.2. The second kappa shape index (κ2) is 17.7. The van der Waals surface area contributed by atoms with Gasteiger partial charge in [0.25, 0.3) is 0 Å². The normalized spacial score (nSPS) is 11.8. The van der Waals surface area contributed by atoms with Gasteiger partial charge >= 0.3 is 0 Å². The molecule has 10 rings (SSSR count). The Morgan fingerprint density at radius 1 is 0.638 bits per heavy atom. The quantitative estimate of drug-likeness (QED) is 0.143. The minimum atomic E-state index is -2.09. The smallest absolute Gasteiger partial charge is 0.0774 e. The van der Waals surface area contributed by atoms with E-state index in [1.165, 1.54) is 17.3 Å². The summed E-state index contributed by atoms with van der Waals surface area (Å²) >= 11 is 0. The van der Waals surface area contributed by atoms with Crippen LogP contribution in [0.3, 0.4) is 0 Å². The SMILES string of the molecule is [2H]C([2H])([2H])c1ccc(-c2[c-]cccc2)nc1.[Ir].[c-]1oc2ccc(CCc3ccccc3)cc2c1-c1nc2ccccc2n1-c1c(-c2ccccc2)cccc1-c1ccccc1. The fourth-order valence-electron chi connectivity index (χ4n) is 7.29. The van der Waals surface area contributed by atoms with E-state index in [1.807, 2.05) is 24.3 Å². The van der Waals surface area contributed by atoms with Crippen LogP contribution in [0, 0.1) is 19.2 Å². The molecule has 58 heavy (non-hydrogen) atoms. The van der Waals surface area contributed by atoms with E-state index in [-0.39, 0.29) is 25.7 Å². The third-order valence-corrected chi connectivity index (χ3v) is 10.1. The molecule has 0 unspecified atom stereocenters. The number of aryl methyl sites for hydroxylation is 3. The molecule has 0 saturated carbocycles. The number of para-hydroxylation sites is 3. The van der Waals surface area contributed by atoms with Crippen molar-refractivity contribution in [3.8, 4) is 50.6 Å². The molecule has 3 aromatic heterocycles. The van der Waals surface area contributed by atoms with Crippen molar-refractivity contribution in [3.63, 3.8) is 0 Å². The topological polar surface area (TPSA) is 43.9 Å². The van der Waals surface area contributed by atoms with Gasteiger partial charge in [0, 0.05) is 53.4 Å². The minimum absolute atomic E-state index is 0. The third kappa shape index (κ3) is 8.10. The molecule has 0 atom stereocenters. The van der Waals surface area contributed by atoms with E-state index >= 15 is 0 Å². The summed E-state index contributed by atoms with van der Waals surface area (Å²) in [7, 11) is 0. The molecule has 0 amide bonds. The Morgan fingerprint density at radius 3 is 1.98 bits per heavy atom. The van der Waals surface area contributed by atoms with Crippen LogP contribution in [-0.4, -0.2) is 14.5 Å². The van der Waals surface area contributed by atoms with Crippen molar-refractivity contribution < 1.29 is 28.6 Å². The van der Waals surface area contributed by atoms with Gasteiger partial charge in [-0.25, -0.2) is 0 Å². The number of aromatic nitrogens is 3. The van der Waals surface area contributed by atoms with Gasteiger partial charge in [0.15, 0.2) is 0 Å². The van der Waals surface area contributed by atoms with Gasteiger partial charge in [0.2, 0.25) is 0 Å². The van der Waals surface area contributed by atoms with E-state index in [4.69, 9.17) is 13.5 Å². The Bertz CT molecular complexity index is 2950. The van der Waals surface area contributed by atoms with Crippen molar-refractivity contribution in [2.24, 2.45) is 0 Å². The number of hydrogen-bond acceptors (Lipinski definition) is 3. The van der Waals surface area contributed by atoms with Crippen LogP contribution in [0.4, 0.5) is 0 Å². The van der Waals surface area contributed by atoms with Crippen molar-refractivity contribution in [1.29, 1.82) is 0 Å². The molecule has 0 aliphatic carbocycles. The molecule has 7 aromatic carbocycles. The zero-order valence-electron chi connectivity index (χ0n) is 34.5. The van der Waals surface area contributed by atoms with Gasteiger partial charge in [0.05, 0.1) is 22.5 Å². The summed E-state index contributed by atoms with van der Waals surface area (Å²) in [5, 5.41) is 1.02. The number of pyridine rings is 1. The molecule has 0 aliphatic rings. The average Bonchev–Trinajstić information content (AvgIpc) is 3.90. The predicted molar refractivity (Wildman–Crippen MR) is 233 cm³/mol. The Labute approximate surface area is 357 Å². The Balaban J connectivity index is 0.000000255. The fourth-order valence-corrected chi connectivity index (χ4v) is 7.29. The van der Waals surface area contributed by atoms with Gasteiger partial charge in [-0.1, -0.05) is 168 Å². The first-order valence-electron chi connectivity index (χ1n) is 20.5. The summed E-state index contributed by atoms with van der Waals surface area (Å²) in [5.41, 5.74) is 13.7. The molecule has 1 radical (unpaired) electrons. The fraction of sp³-hybridized carbons (Fsp3) is 0.0566. The number of imidazole rings is 1. The molecule has 0 aliphatic heterocycles. The van der Waals surface area contributed by atoms with E-state index in [0.717, 1.165) is 85.4 Å². The van der Waals surface area contributed by atoms with Gasteiger partial charge in [-0.15, -0.1) is 35.9 Å². The van der Waals surface area contributed by atoms with Gasteiger partial charge in [0.1, 0.15) is 0 Å². The van der Waals surface area contributed by atoms with Crippen LogP contribution in [0.2, 0.25) is 0 Å². The molecule has 10 aromatic rings. The maximum Gasteiger partial charge on any atom is 0.0774 e. The molecule has 283 valence electrons.